The van der Waals surface area contributed by atoms with E-state index >= 15 is 13.2 Å². The third-order valence-corrected chi connectivity index (χ3v) is 13.3. The minimum absolute atomic E-state index is 0.0133. The minimum atomic E-state index is -0.953. The number of hydrogen-bond acceptors (Lipinski definition) is 10. The Kier molecular flexibility index (Phi) is 8.39. The first-order valence-corrected chi connectivity index (χ1v) is 19.7. The SMILES string of the molecule is CCc1cccc2cc(O)cc(-c3c(F)c4c5c(nc(OC[C@]67C[C@@H](F)CN6C[C@@H](CN6CCN(C)CC6)C7)nc5c3F)N3CC5CCC(N5)C3CO4)c12. The van der Waals surface area contributed by atoms with Crippen molar-refractivity contribution in [1.29, 1.82) is 0 Å². The highest BCUT2D eigenvalue weighted by molar-refractivity contribution is 6.05. The van der Waals surface area contributed by atoms with Gasteiger partial charge < -0.3 is 34.6 Å². The van der Waals surface area contributed by atoms with E-state index in [1.807, 2.05) is 25.1 Å². The van der Waals surface area contributed by atoms with Crippen molar-refractivity contribution in [3.05, 3.63) is 47.5 Å². The molecule has 6 aliphatic rings. The number of alkyl halides is 1. The Labute approximate surface area is 313 Å². The third-order valence-electron chi connectivity index (χ3n) is 13.3. The fourth-order valence-corrected chi connectivity index (χ4v) is 10.7. The van der Waals surface area contributed by atoms with Gasteiger partial charge in [0.25, 0.3) is 0 Å². The van der Waals surface area contributed by atoms with E-state index in [9.17, 15) is 5.11 Å². The van der Waals surface area contributed by atoms with Gasteiger partial charge in [-0.2, -0.15) is 9.97 Å². The zero-order valence-corrected chi connectivity index (χ0v) is 31.0. The summed E-state index contributed by atoms with van der Waals surface area (Å²) >= 11 is 0. The Morgan fingerprint density at radius 3 is 2.70 bits per heavy atom. The number of piperazine rings is 2. The average molecular weight is 744 g/mol. The van der Waals surface area contributed by atoms with E-state index in [4.69, 9.17) is 19.4 Å². The topological polar surface area (TPSA) is 89.5 Å². The maximum atomic E-state index is 17.4. The minimum Gasteiger partial charge on any atom is -0.508 e. The number of ether oxygens (including phenoxy) is 2. The lowest BCUT2D eigenvalue weighted by molar-refractivity contribution is 0.107. The van der Waals surface area contributed by atoms with Crippen LogP contribution in [0.3, 0.4) is 0 Å². The van der Waals surface area contributed by atoms with Crippen molar-refractivity contribution >= 4 is 27.5 Å². The van der Waals surface area contributed by atoms with Crippen LogP contribution in [0.25, 0.3) is 32.8 Å². The zero-order chi connectivity index (χ0) is 36.9. The number of hydrogen-bond donors (Lipinski definition) is 2. The Morgan fingerprint density at radius 1 is 1.02 bits per heavy atom. The highest BCUT2D eigenvalue weighted by Gasteiger charge is 2.53. The van der Waals surface area contributed by atoms with Crippen LogP contribution in [0.15, 0.2) is 30.3 Å². The molecule has 0 amide bonds. The smallest absolute Gasteiger partial charge is 0.319 e. The first kappa shape index (κ1) is 34.6. The number of fused-ring (bicyclic) bond motifs is 7. The van der Waals surface area contributed by atoms with Crippen LogP contribution in [0.5, 0.6) is 17.5 Å². The van der Waals surface area contributed by atoms with Crippen molar-refractivity contribution in [3.63, 3.8) is 0 Å². The number of likely N-dealkylation sites (N-methyl/N-ethyl adjacent to an activating group) is 1. The number of aryl methyl sites for hydroxylation is 1. The van der Waals surface area contributed by atoms with Crippen LogP contribution in [0.4, 0.5) is 19.0 Å². The van der Waals surface area contributed by atoms with Crippen molar-refractivity contribution in [2.24, 2.45) is 5.92 Å². The van der Waals surface area contributed by atoms with Crippen LogP contribution in [-0.4, -0.2) is 132 Å². The lowest BCUT2D eigenvalue weighted by atomic mass is 9.90. The van der Waals surface area contributed by atoms with Gasteiger partial charge in [-0.15, -0.1) is 0 Å². The van der Waals surface area contributed by atoms with E-state index in [0.29, 0.717) is 48.4 Å². The summed E-state index contributed by atoms with van der Waals surface area (Å²) in [4.78, 5) is 18.9. The summed E-state index contributed by atoms with van der Waals surface area (Å²) in [6.07, 6.45) is 2.77. The largest absolute Gasteiger partial charge is 0.508 e. The van der Waals surface area contributed by atoms with Crippen LogP contribution >= 0.6 is 0 Å². The van der Waals surface area contributed by atoms with Gasteiger partial charge in [0.15, 0.2) is 17.4 Å². The summed E-state index contributed by atoms with van der Waals surface area (Å²) in [7, 11) is 2.15. The molecule has 0 radical (unpaired) electrons. The van der Waals surface area contributed by atoms with E-state index in [-0.39, 0.29) is 70.9 Å². The number of rotatable bonds is 7. The van der Waals surface area contributed by atoms with Crippen LogP contribution in [0, 0.1) is 17.6 Å². The molecule has 10 nitrogen and oxygen atoms in total. The number of anilines is 1. The predicted octanol–water partition coefficient (Wildman–Crippen LogP) is 5.13. The molecule has 0 spiro atoms. The molecule has 0 saturated carbocycles. The quantitative estimate of drug-likeness (QED) is 0.266. The lowest BCUT2D eigenvalue weighted by Crippen LogP contribution is -2.60. The maximum absolute atomic E-state index is 17.4. The Balaban J connectivity index is 1.07. The fraction of sp³-hybridized carbons (Fsp3) is 0.561. The molecule has 10 rings (SSSR count). The number of phenols is 1. The van der Waals surface area contributed by atoms with Gasteiger partial charge in [0.05, 0.1) is 22.5 Å². The number of nitrogens with zero attached hydrogens (tertiary/aromatic N) is 6. The molecule has 3 unspecified atom stereocenters. The van der Waals surface area contributed by atoms with Gasteiger partial charge in [-0.05, 0) is 72.7 Å². The molecule has 0 aliphatic carbocycles. The van der Waals surface area contributed by atoms with Crippen LogP contribution in [-0.2, 0) is 6.42 Å². The van der Waals surface area contributed by atoms with Gasteiger partial charge in [-0.1, -0.05) is 25.1 Å². The molecule has 6 aliphatic heterocycles. The first-order valence-electron chi connectivity index (χ1n) is 19.7. The number of halogens is 3. The fourth-order valence-electron chi connectivity index (χ4n) is 10.7. The van der Waals surface area contributed by atoms with Crippen LogP contribution in [0.2, 0.25) is 0 Å². The molecular formula is C41H48F3N7O3. The standard InChI is InChI=1S/C41H48F3N7O3/c1-3-24-5-4-6-25-13-28(52)14-29(32(24)25)33-35(43)37-34-38(36(33)44)53-21-31-30-8-7-27(45-30)20-51(31)39(34)47-40(46-37)54-22-41-15-23(18-50(41)19-26(42)16-41)17-49-11-9-48(2)10-12-49/h4-6,13-14,23,26-27,30-31,45,52H,3,7-12,15-22H2,1-2H3/t23-,26-,27?,30?,31?,41+/m1/s1. The molecule has 2 bridgehead atoms. The monoisotopic (exact) mass is 743 g/mol. The molecule has 6 atom stereocenters. The highest BCUT2D eigenvalue weighted by atomic mass is 19.1. The maximum Gasteiger partial charge on any atom is 0.319 e. The van der Waals surface area contributed by atoms with Gasteiger partial charge in [0, 0.05) is 70.9 Å². The van der Waals surface area contributed by atoms with E-state index in [2.05, 4.69) is 32.0 Å². The molecule has 7 heterocycles. The number of benzene rings is 3. The molecular weight excluding hydrogens is 695 g/mol. The second-order valence-electron chi connectivity index (χ2n) is 16.7. The van der Waals surface area contributed by atoms with Crippen molar-refractivity contribution < 1.29 is 27.8 Å². The Bertz CT molecular complexity index is 2130. The summed E-state index contributed by atoms with van der Waals surface area (Å²) < 4.78 is 62.6. The average Bonchev–Trinajstić information content (AvgIpc) is 3.76. The summed E-state index contributed by atoms with van der Waals surface area (Å²) in [6.45, 7) is 9.24. The molecule has 2 N–H and O–H groups in total. The highest BCUT2D eigenvalue weighted by Crippen LogP contribution is 2.49. The van der Waals surface area contributed by atoms with Gasteiger partial charge in [-0.25, -0.2) is 13.2 Å². The molecule has 4 aromatic rings. The van der Waals surface area contributed by atoms with Gasteiger partial charge >= 0.3 is 6.01 Å². The summed E-state index contributed by atoms with van der Waals surface area (Å²) in [6, 6.07) is 8.81. The van der Waals surface area contributed by atoms with Gasteiger partial charge in [-0.3, -0.25) is 4.90 Å². The number of phenolic OH excluding ortho intramolecular Hbond substituents is 1. The van der Waals surface area contributed by atoms with Crippen molar-refractivity contribution in [2.75, 3.05) is 77.5 Å². The van der Waals surface area contributed by atoms with E-state index < -0.39 is 23.3 Å². The van der Waals surface area contributed by atoms with E-state index in [1.54, 1.807) is 6.07 Å². The van der Waals surface area contributed by atoms with Crippen molar-refractivity contribution in [1.82, 2.24) is 30.0 Å². The second-order valence-corrected chi connectivity index (χ2v) is 16.7. The molecule has 54 heavy (non-hydrogen) atoms. The van der Waals surface area contributed by atoms with Gasteiger partial charge in [0.1, 0.15) is 36.5 Å². The number of aromatic nitrogens is 2. The zero-order valence-electron chi connectivity index (χ0n) is 31.0. The molecule has 286 valence electrons. The Morgan fingerprint density at radius 2 is 1.87 bits per heavy atom. The summed E-state index contributed by atoms with van der Waals surface area (Å²) in [5.74, 6) is -1.12. The first-order chi connectivity index (χ1) is 26.2. The summed E-state index contributed by atoms with van der Waals surface area (Å²) in [5, 5.41) is 16.0. The lowest BCUT2D eigenvalue weighted by Gasteiger charge is -2.40. The van der Waals surface area contributed by atoms with E-state index in [0.717, 1.165) is 64.1 Å². The second kappa shape index (κ2) is 13.1. The molecule has 5 fully saturated rings. The normalized spacial score (nSPS) is 29.8. The predicted molar refractivity (Wildman–Crippen MR) is 201 cm³/mol. The molecule has 1 aromatic heterocycles. The molecule has 13 heteroatoms. The third kappa shape index (κ3) is 5.59. The van der Waals surface area contributed by atoms with Crippen LogP contribution < -0.4 is 19.7 Å². The van der Waals surface area contributed by atoms with Crippen molar-refractivity contribution in [3.8, 4) is 28.6 Å². The van der Waals surface area contributed by atoms with E-state index in [1.165, 1.54) is 6.07 Å². The number of aromatic hydroxyl groups is 1. The molecule has 3 aromatic carbocycles. The summed E-state index contributed by atoms with van der Waals surface area (Å²) in [5.41, 5.74) is 0.210. The van der Waals surface area contributed by atoms with Crippen molar-refractivity contribution in [2.45, 2.75) is 68.9 Å². The molecule has 5 saturated heterocycles. The number of nitrogens with one attached hydrogen (secondary N) is 1. The van der Waals surface area contributed by atoms with Crippen LogP contribution in [0.1, 0.15) is 38.2 Å². The Hall–Kier alpha value is -3.91. The van der Waals surface area contributed by atoms with Gasteiger partial charge in [0.2, 0.25) is 0 Å².